The topological polar surface area (TPSA) is 111 Å². The van der Waals surface area contributed by atoms with E-state index in [2.05, 4.69) is 4.37 Å². The molecule has 5 aromatic rings. The molecule has 0 unspecified atom stereocenters. The average Bonchev–Trinajstić information content (AvgIpc) is 3.51. The predicted molar refractivity (Wildman–Crippen MR) is 129 cm³/mol. The lowest BCUT2D eigenvalue weighted by atomic mass is 9.93. The molecule has 3 N–H and O–H groups in total. The minimum Gasteiger partial charge on any atom is -0.477 e. The van der Waals surface area contributed by atoms with Gasteiger partial charge >= 0.3 is 5.97 Å². The number of nitrogens with zero attached hydrogens (tertiary/aromatic N) is 2. The number of carboxylic acids is 1. The van der Waals surface area contributed by atoms with Crippen molar-refractivity contribution in [1.29, 1.82) is 0 Å². The molecule has 0 atom stereocenters. The van der Waals surface area contributed by atoms with Crippen LogP contribution in [0, 0.1) is 5.82 Å². The van der Waals surface area contributed by atoms with E-state index in [9.17, 15) is 14.7 Å². The number of benzene rings is 2. The number of nitrogen functional groups attached to an aromatic ring is 1. The van der Waals surface area contributed by atoms with E-state index in [0.29, 0.717) is 16.7 Å². The van der Waals surface area contributed by atoms with Gasteiger partial charge in [0.2, 0.25) is 0 Å². The SMILES string of the molecule is Nc1nsc2ccc(Cn3c(C(=O)O)c(C4=CC=CCC4=O)c4c5occc5c(F)cc43)cc12. The lowest BCUT2D eigenvalue weighted by Gasteiger charge is -2.11. The number of Topliss-reactive ketones (excluding diaryl/α,β-unsaturated/α-hetero) is 1. The second-order valence-corrected chi connectivity index (χ2v) is 8.87. The molecule has 1 aliphatic rings. The summed E-state index contributed by atoms with van der Waals surface area (Å²) in [5.41, 5.74) is 7.65. The summed E-state index contributed by atoms with van der Waals surface area (Å²) in [6.45, 7) is 0.117. The van der Waals surface area contributed by atoms with E-state index >= 15 is 4.39 Å². The quantitative estimate of drug-likeness (QED) is 0.363. The van der Waals surface area contributed by atoms with E-state index in [1.54, 1.807) is 18.2 Å². The van der Waals surface area contributed by atoms with Crippen LogP contribution in [-0.2, 0) is 11.3 Å². The van der Waals surface area contributed by atoms with Gasteiger partial charge in [-0.1, -0.05) is 24.3 Å². The molecule has 2 aromatic carbocycles. The van der Waals surface area contributed by atoms with Gasteiger partial charge in [-0.05, 0) is 41.4 Å². The number of allylic oxidation sites excluding steroid dienone is 4. The summed E-state index contributed by atoms with van der Waals surface area (Å²) < 4.78 is 27.2. The maximum absolute atomic E-state index is 15.0. The number of rotatable bonds is 4. The summed E-state index contributed by atoms with van der Waals surface area (Å²) in [7, 11) is 0. The molecule has 6 rings (SSSR count). The van der Waals surface area contributed by atoms with Crippen LogP contribution >= 0.6 is 11.5 Å². The monoisotopic (exact) mass is 473 g/mol. The summed E-state index contributed by atoms with van der Waals surface area (Å²) in [5, 5.41) is 11.7. The number of carboxylic acid groups (broad SMARTS) is 1. The standard InChI is InChI=1S/C25H16FN3O4S/c26-16-10-17-21(23-13(16)7-8-33-23)20(14-3-1-2-4-18(14)30)22(25(31)32)29(17)11-12-5-6-19-15(9-12)24(27)28-34-19/h1-3,5-10H,4,11H2,(H2,27,28)(H,31,32). The van der Waals surface area contributed by atoms with Gasteiger partial charge in [0.1, 0.15) is 22.9 Å². The van der Waals surface area contributed by atoms with Crippen molar-refractivity contribution in [2.24, 2.45) is 0 Å². The zero-order valence-corrected chi connectivity index (χ0v) is 18.4. The zero-order valence-electron chi connectivity index (χ0n) is 17.5. The van der Waals surface area contributed by atoms with E-state index in [-0.39, 0.29) is 46.5 Å². The number of fused-ring (bicyclic) bond motifs is 4. The summed E-state index contributed by atoms with van der Waals surface area (Å²) in [6.07, 6.45) is 6.53. The number of halogens is 1. The molecule has 0 spiro atoms. The Hall–Kier alpha value is -4.24. The normalized spacial score (nSPS) is 13.9. The van der Waals surface area contributed by atoms with E-state index in [4.69, 9.17) is 10.2 Å². The number of carbonyl (C=O) groups is 2. The number of ketones is 1. The van der Waals surface area contributed by atoms with Crippen molar-refractivity contribution in [1.82, 2.24) is 8.94 Å². The molecular formula is C25H16FN3O4S. The molecule has 7 nitrogen and oxygen atoms in total. The first-order valence-corrected chi connectivity index (χ1v) is 11.2. The highest BCUT2D eigenvalue weighted by Gasteiger charge is 2.31. The summed E-state index contributed by atoms with van der Waals surface area (Å²) in [4.78, 5) is 25.4. The maximum atomic E-state index is 15.0. The van der Waals surface area contributed by atoms with Crippen LogP contribution in [0.2, 0.25) is 0 Å². The third-order valence-electron chi connectivity index (χ3n) is 6.09. The number of hydrogen-bond donors (Lipinski definition) is 2. The molecular weight excluding hydrogens is 457 g/mol. The summed E-state index contributed by atoms with van der Waals surface area (Å²) in [5.74, 6) is -1.59. The number of aromatic carboxylic acids is 1. The Bertz CT molecular complexity index is 1740. The van der Waals surface area contributed by atoms with Gasteiger partial charge in [-0.3, -0.25) is 4.79 Å². The largest absolute Gasteiger partial charge is 0.477 e. The summed E-state index contributed by atoms with van der Waals surface area (Å²) >= 11 is 1.28. The first-order chi connectivity index (χ1) is 16.4. The van der Waals surface area contributed by atoms with Gasteiger partial charge in [-0.25, -0.2) is 9.18 Å². The number of nitrogens with two attached hydrogens (primary N) is 1. The van der Waals surface area contributed by atoms with E-state index < -0.39 is 11.8 Å². The van der Waals surface area contributed by atoms with Gasteiger partial charge < -0.3 is 19.8 Å². The lowest BCUT2D eigenvalue weighted by Crippen LogP contribution is -2.13. The third-order valence-corrected chi connectivity index (χ3v) is 6.93. The first kappa shape index (κ1) is 20.4. The Morgan fingerprint density at radius 1 is 1.26 bits per heavy atom. The molecule has 9 heteroatoms. The second kappa shape index (κ2) is 7.39. The fourth-order valence-electron chi connectivity index (χ4n) is 4.60. The van der Waals surface area contributed by atoms with Crippen molar-refractivity contribution in [3.8, 4) is 0 Å². The average molecular weight is 473 g/mol. The van der Waals surface area contributed by atoms with Gasteiger partial charge in [0.15, 0.2) is 5.78 Å². The second-order valence-electron chi connectivity index (χ2n) is 8.06. The molecule has 3 aromatic heterocycles. The molecule has 3 heterocycles. The number of aromatic nitrogens is 2. The Morgan fingerprint density at radius 3 is 2.91 bits per heavy atom. The minimum absolute atomic E-state index is 0.107. The first-order valence-electron chi connectivity index (χ1n) is 10.4. The molecule has 0 amide bonds. The lowest BCUT2D eigenvalue weighted by molar-refractivity contribution is -0.113. The van der Waals surface area contributed by atoms with Crippen LogP contribution in [0.4, 0.5) is 10.2 Å². The van der Waals surface area contributed by atoms with Crippen LogP contribution in [0.3, 0.4) is 0 Å². The highest BCUT2D eigenvalue weighted by Crippen LogP contribution is 2.40. The number of hydrogen-bond acceptors (Lipinski definition) is 6. The van der Waals surface area contributed by atoms with Crippen LogP contribution in [0.15, 0.2) is 59.2 Å². The molecule has 34 heavy (non-hydrogen) atoms. The van der Waals surface area contributed by atoms with Crippen LogP contribution < -0.4 is 5.73 Å². The van der Waals surface area contributed by atoms with Gasteiger partial charge in [-0.15, -0.1) is 0 Å². The Kier molecular flexibility index (Phi) is 4.43. The molecule has 0 radical (unpaired) electrons. The fraction of sp³-hybridized carbons (Fsp3) is 0.0800. The third kappa shape index (κ3) is 2.90. The Labute approximate surface area is 195 Å². The zero-order chi connectivity index (χ0) is 23.6. The molecule has 168 valence electrons. The van der Waals surface area contributed by atoms with Crippen molar-refractivity contribution in [2.45, 2.75) is 13.0 Å². The van der Waals surface area contributed by atoms with Crippen molar-refractivity contribution < 1.29 is 23.5 Å². The van der Waals surface area contributed by atoms with Crippen LogP contribution in [0.1, 0.15) is 28.0 Å². The predicted octanol–water partition coefficient (Wildman–Crippen LogP) is 5.38. The van der Waals surface area contributed by atoms with Gasteiger partial charge in [0.25, 0.3) is 0 Å². The Balaban J connectivity index is 1.70. The van der Waals surface area contributed by atoms with Crippen LogP contribution in [-0.4, -0.2) is 25.8 Å². The number of anilines is 1. The highest BCUT2D eigenvalue weighted by molar-refractivity contribution is 7.13. The Morgan fingerprint density at radius 2 is 2.12 bits per heavy atom. The highest BCUT2D eigenvalue weighted by atomic mass is 32.1. The van der Waals surface area contributed by atoms with E-state index in [0.717, 1.165) is 15.6 Å². The van der Waals surface area contributed by atoms with E-state index in [1.807, 2.05) is 18.2 Å². The molecule has 0 bridgehead atoms. The maximum Gasteiger partial charge on any atom is 0.353 e. The molecule has 0 aliphatic heterocycles. The van der Waals surface area contributed by atoms with Gasteiger partial charge in [0, 0.05) is 29.5 Å². The van der Waals surface area contributed by atoms with E-state index in [1.165, 1.54) is 34.5 Å². The molecule has 0 saturated carbocycles. The van der Waals surface area contributed by atoms with Crippen molar-refractivity contribution in [3.63, 3.8) is 0 Å². The van der Waals surface area contributed by atoms with Crippen LogP contribution in [0.25, 0.3) is 37.5 Å². The van der Waals surface area contributed by atoms with Crippen molar-refractivity contribution >= 4 is 66.6 Å². The number of furan rings is 1. The van der Waals surface area contributed by atoms with Crippen molar-refractivity contribution in [3.05, 3.63) is 77.5 Å². The molecule has 0 saturated heterocycles. The fourth-order valence-corrected chi connectivity index (χ4v) is 5.29. The van der Waals surface area contributed by atoms with Gasteiger partial charge in [-0.2, -0.15) is 4.37 Å². The van der Waals surface area contributed by atoms with Crippen molar-refractivity contribution in [2.75, 3.05) is 5.73 Å². The minimum atomic E-state index is -1.23. The smallest absolute Gasteiger partial charge is 0.353 e. The molecule has 1 aliphatic carbocycles. The van der Waals surface area contributed by atoms with Crippen LogP contribution in [0.5, 0.6) is 0 Å². The summed E-state index contributed by atoms with van der Waals surface area (Å²) in [6, 6.07) is 8.36. The van der Waals surface area contributed by atoms with Gasteiger partial charge in [0.05, 0.1) is 27.3 Å². The number of carbonyl (C=O) groups excluding carboxylic acids is 1. The molecule has 0 fully saturated rings.